The standard InChI is InChI=1S/C51H70N2O8/c1-37(2)22-24-57-25-26-58-27-28-59-29-30-60-31-32-61-50-20-19-45(46-12-8-9-13-47(46)50)42-17-15-41(16-18-42)43(35-40(6)54)36-49(55)48(33-38(3)4)53-51(56)14-10-7-11-44-34-39(5)21-23-52-44/h8-9,12-13,15-21,23,34,37-38,43,48H,7,10-11,14,22,24-33,35-36H2,1-6H3,(H,53,56)/t43-,48+/m1/s1. The van der Waals surface area contributed by atoms with Crippen molar-refractivity contribution in [3.05, 3.63) is 95.8 Å². The van der Waals surface area contributed by atoms with Crippen molar-refractivity contribution in [1.82, 2.24) is 10.3 Å². The third kappa shape index (κ3) is 18.6. The number of pyridine rings is 1. The van der Waals surface area contributed by atoms with Crippen LogP contribution in [0, 0.1) is 18.8 Å². The molecule has 1 N–H and O–H groups in total. The Morgan fingerprint density at radius 3 is 1.95 bits per heavy atom. The molecule has 10 nitrogen and oxygen atoms in total. The highest BCUT2D eigenvalue weighted by atomic mass is 16.6. The lowest BCUT2D eigenvalue weighted by Crippen LogP contribution is -2.42. The van der Waals surface area contributed by atoms with Crippen molar-refractivity contribution >= 4 is 28.2 Å². The quantitative estimate of drug-likeness (QED) is 0.0494. The molecule has 0 bridgehead atoms. The van der Waals surface area contributed by atoms with Crippen molar-refractivity contribution in [1.29, 1.82) is 0 Å². The smallest absolute Gasteiger partial charge is 0.220 e. The van der Waals surface area contributed by atoms with Crippen LogP contribution in [0.5, 0.6) is 5.75 Å². The molecule has 61 heavy (non-hydrogen) atoms. The molecular formula is C51H70N2O8. The lowest BCUT2D eigenvalue weighted by Gasteiger charge is -2.23. The van der Waals surface area contributed by atoms with Gasteiger partial charge in [0, 0.05) is 43.1 Å². The number of ether oxygens (including phenoxy) is 5. The minimum Gasteiger partial charge on any atom is -0.491 e. The minimum atomic E-state index is -0.599. The van der Waals surface area contributed by atoms with Crippen molar-refractivity contribution in [3.63, 3.8) is 0 Å². The molecule has 0 aliphatic heterocycles. The zero-order valence-corrected chi connectivity index (χ0v) is 37.5. The summed E-state index contributed by atoms with van der Waals surface area (Å²) in [6.45, 7) is 16.9. The number of aryl methyl sites for hydroxylation is 2. The molecule has 10 heteroatoms. The number of aromatic nitrogens is 1. The summed E-state index contributed by atoms with van der Waals surface area (Å²) < 4.78 is 28.6. The van der Waals surface area contributed by atoms with Crippen molar-refractivity contribution in [2.24, 2.45) is 11.8 Å². The van der Waals surface area contributed by atoms with Crippen LogP contribution in [0.3, 0.4) is 0 Å². The molecule has 2 atom stereocenters. The van der Waals surface area contributed by atoms with E-state index in [1.165, 1.54) is 5.56 Å². The number of hydrogen-bond acceptors (Lipinski definition) is 9. The van der Waals surface area contributed by atoms with Crippen LogP contribution < -0.4 is 10.1 Å². The Morgan fingerprint density at radius 1 is 0.689 bits per heavy atom. The van der Waals surface area contributed by atoms with Crippen LogP contribution in [0.4, 0.5) is 0 Å². The predicted molar refractivity (Wildman–Crippen MR) is 243 cm³/mol. The number of carbonyl (C=O) groups is 3. The molecule has 0 saturated carbocycles. The zero-order valence-electron chi connectivity index (χ0n) is 37.5. The first-order valence-corrected chi connectivity index (χ1v) is 22.3. The first kappa shape index (κ1) is 49.2. The van der Waals surface area contributed by atoms with E-state index in [0.717, 1.165) is 64.8 Å². The van der Waals surface area contributed by atoms with Crippen molar-refractivity contribution in [3.8, 4) is 16.9 Å². The van der Waals surface area contributed by atoms with Gasteiger partial charge in [0.2, 0.25) is 5.91 Å². The predicted octanol–water partition coefficient (Wildman–Crippen LogP) is 9.67. The van der Waals surface area contributed by atoms with E-state index in [-0.39, 0.29) is 42.2 Å². The molecule has 3 aromatic carbocycles. The lowest BCUT2D eigenvalue weighted by molar-refractivity contribution is -0.128. The fourth-order valence-corrected chi connectivity index (χ4v) is 7.25. The summed E-state index contributed by atoms with van der Waals surface area (Å²) in [4.78, 5) is 43.8. The highest BCUT2D eigenvalue weighted by Gasteiger charge is 2.26. The van der Waals surface area contributed by atoms with Crippen LogP contribution in [-0.4, -0.2) is 88.0 Å². The molecule has 1 aromatic heterocycles. The van der Waals surface area contributed by atoms with Gasteiger partial charge in [-0.2, -0.15) is 0 Å². The van der Waals surface area contributed by atoms with Gasteiger partial charge in [-0.05, 0) is 110 Å². The lowest BCUT2D eigenvalue weighted by atomic mass is 9.85. The van der Waals surface area contributed by atoms with E-state index in [0.29, 0.717) is 78.0 Å². The number of Topliss-reactive ketones (excluding diaryl/α,β-unsaturated/α-hetero) is 2. The van der Waals surface area contributed by atoms with Gasteiger partial charge in [0.25, 0.3) is 0 Å². The Labute approximate surface area is 364 Å². The number of amides is 1. The van der Waals surface area contributed by atoms with E-state index in [2.05, 4.69) is 74.4 Å². The monoisotopic (exact) mass is 839 g/mol. The van der Waals surface area contributed by atoms with E-state index < -0.39 is 6.04 Å². The van der Waals surface area contributed by atoms with Gasteiger partial charge in [0.1, 0.15) is 18.1 Å². The number of unbranched alkanes of at least 4 members (excludes halogenated alkanes) is 1. The normalized spacial score (nSPS) is 12.5. The van der Waals surface area contributed by atoms with Gasteiger partial charge in [-0.15, -0.1) is 0 Å². The van der Waals surface area contributed by atoms with Crippen LogP contribution in [0.15, 0.2) is 79.0 Å². The van der Waals surface area contributed by atoms with E-state index in [1.54, 1.807) is 6.92 Å². The Kier molecular flexibility index (Phi) is 22.1. The van der Waals surface area contributed by atoms with E-state index in [9.17, 15) is 14.4 Å². The molecule has 0 unspecified atom stereocenters. The molecular weight excluding hydrogens is 769 g/mol. The summed E-state index contributed by atoms with van der Waals surface area (Å²) in [5, 5.41) is 5.10. The summed E-state index contributed by atoms with van der Waals surface area (Å²) in [5.41, 5.74) is 5.20. The maximum Gasteiger partial charge on any atom is 0.220 e. The SMILES string of the molecule is CC(=O)C[C@H](CC(=O)[C@H](CC(C)C)NC(=O)CCCCc1cc(C)ccn1)c1ccc(-c2ccc(OCCOCCOCCOCCOCCC(C)C)c3ccccc23)cc1. The second-order valence-corrected chi connectivity index (χ2v) is 16.8. The molecule has 1 amide bonds. The largest absolute Gasteiger partial charge is 0.491 e. The first-order valence-electron chi connectivity index (χ1n) is 22.3. The molecule has 0 spiro atoms. The molecule has 0 aliphatic rings. The molecule has 4 aromatic rings. The Morgan fingerprint density at radius 2 is 1.33 bits per heavy atom. The third-order valence-electron chi connectivity index (χ3n) is 10.5. The van der Waals surface area contributed by atoms with Gasteiger partial charge < -0.3 is 33.8 Å². The van der Waals surface area contributed by atoms with Gasteiger partial charge in [-0.25, -0.2) is 0 Å². The van der Waals surface area contributed by atoms with Crippen LogP contribution in [0.1, 0.15) is 102 Å². The van der Waals surface area contributed by atoms with Crippen LogP contribution in [0.2, 0.25) is 0 Å². The summed E-state index contributed by atoms with van der Waals surface area (Å²) in [7, 11) is 0. The highest BCUT2D eigenvalue weighted by Crippen LogP contribution is 2.36. The molecule has 0 saturated heterocycles. The zero-order chi connectivity index (χ0) is 43.8. The van der Waals surface area contributed by atoms with Crippen LogP contribution >= 0.6 is 0 Å². The van der Waals surface area contributed by atoms with Crippen molar-refractivity contribution in [2.75, 3.05) is 59.5 Å². The number of hydrogen-bond donors (Lipinski definition) is 1. The Bertz CT molecular complexity index is 1910. The van der Waals surface area contributed by atoms with Gasteiger partial charge in [0.15, 0.2) is 5.78 Å². The topological polar surface area (TPSA) is 122 Å². The number of nitrogens with one attached hydrogen (secondary N) is 1. The average Bonchev–Trinajstić information content (AvgIpc) is 3.23. The van der Waals surface area contributed by atoms with Gasteiger partial charge in [-0.3, -0.25) is 14.6 Å². The summed E-state index contributed by atoms with van der Waals surface area (Å²) in [6.07, 6.45) is 6.57. The summed E-state index contributed by atoms with van der Waals surface area (Å²) in [5.74, 6) is 1.20. The maximum absolute atomic E-state index is 13.9. The van der Waals surface area contributed by atoms with Gasteiger partial charge in [0.05, 0.1) is 52.3 Å². The van der Waals surface area contributed by atoms with Crippen LogP contribution in [-0.2, 0) is 39.8 Å². The van der Waals surface area contributed by atoms with Crippen molar-refractivity contribution < 1.29 is 38.1 Å². The second-order valence-electron chi connectivity index (χ2n) is 16.8. The van der Waals surface area contributed by atoms with Crippen molar-refractivity contribution in [2.45, 2.75) is 105 Å². The first-order chi connectivity index (χ1) is 29.5. The molecule has 4 rings (SSSR count). The number of benzene rings is 3. The molecule has 0 fully saturated rings. The van der Waals surface area contributed by atoms with Gasteiger partial charge >= 0.3 is 0 Å². The minimum absolute atomic E-state index is 0.0185. The number of rotatable bonds is 31. The summed E-state index contributed by atoms with van der Waals surface area (Å²) >= 11 is 0. The summed E-state index contributed by atoms with van der Waals surface area (Å²) in [6, 6.07) is 23.8. The number of carbonyl (C=O) groups excluding carboxylic acids is 3. The van der Waals surface area contributed by atoms with Gasteiger partial charge in [-0.1, -0.05) is 82.3 Å². The fraction of sp³-hybridized carbons (Fsp3) is 0.529. The number of nitrogens with zero attached hydrogens (tertiary/aromatic N) is 1. The van der Waals surface area contributed by atoms with E-state index >= 15 is 0 Å². The molecule has 332 valence electrons. The number of fused-ring (bicyclic) bond motifs is 1. The Balaban J connectivity index is 1.27. The maximum atomic E-state index is 13.9. The molecule has 1 heterocycles. The average molecular weight is 839 g/mol. The number of ketones is 2. The molecule has 0 radical (unpaired) electrons. The fourth-order valence-electron chi connectivity index (χ4n) is 7.25. The second kappa shape index (κ2) is 27.5. The molecule has 0 aliphatic carbocycles. The Hall–Kier alpha value is -4.48. The third-order valence-corrected chi connectivity index (χ3v) is 10.5. The highest BCUT2D eigenvalue weighted by molar-refractivity contribution is 6.00. The van der Waals surface area contributed by atoms with E-state index in [1.807, 2.05) is 49.5 Å². The van der Waals surface area contributed by atoms with E-state index in [4.69, 9.17) is 23.7 Å². The van der Waals surface area contributed by atoms with Crippen LogP contribution in [0.25, 0.3) is 21.9 Å².